The van der Waals surface area contributed by atoms with Crippen molar-refractivity contribution in [1.29, 1.82) is 0 Å². The summed E-state index contributed by atoms with van der Waals surface area (Å²) in [5.41, 5.74) is 1.05. The van der Waals surface area contributed by atoms with Gasteiger partial charge in [-0.2, -0.15) is 5.10 Å². The first-order valence-electron chi connectivity index (χ1n) is 8.28. The molecule has 1 aromatic carbocycles. The van der Waals surface area contributed by atoms with Gasteiger partial charge in [0.2, 0.25) is 5.88 Å². The van der Waals surface area contributed by atoms with E-state index in [1.807, 2.05) is 0 Å². The van der Waals surface area contributed by atoms with Gasteiger partial charge in [-0.15, -0.1) is 6.58 Å². The summed E-state index contributed by atoms with van der Waals surface area (Å²) in [4.78, 5) is 26.4. The average molecular weight is 417 g/mol. The number of aryl methyl sites for hydroxylation is 2. The summed E-state index contributed by atoms with van der Waals surface area (Å²) in [5, 5.41) is 7.48. The predicted octanol–water partition coefficient (Wildman–Crippen LogP) is 2.99. The zero-order chi connectivity index (χ0) is 20.4. The van der Waals surface area contributed by atoms with Crippen LogP contribution in [0.5, 0.6) is 11.6 Å². The number of thiocarbonyl (C=S) groups is 1. The van der Waals surface area contributed by atoms with Crippen LogP contribution in [0.3, 0.4) is 0 Å². The highest BCUT2D eigenvalue weighted by atomic mass is 35.5. The van der Waals surface area contributed by atoms with Gasteiger partial charge in [-0.25, -0.2) is 4.68 Å². The van der Waals surface area contributed by atoms with Gasteiger partial charge in [0.05, 0.1) is 11.3 Å². The highest BCUT2D eigenvalue weighted by molar-refractivity contribution is 7.80. The quantitative estimate of drug-likeness (QED) is 0.351. The van der Waals surface area contributed by atoms with Crippen LogP contribution < -0.4 is 10.1 Å². The van der Waals surface area contributed by atoms with E-state index < -0.39 is 11.8 Å². The van der Waals surface area contributed by atoms with Crippen molar-refractivity contribution >= 4 is 46.8 Å². The molecule has 0 radical (unpaired) electrons. The summed E-state index contributed by atoms with van der Waals surface area (Å²) in [6, 6.07) is 6.82. The first-order chi connectivity index (χ1) is 13.3. The Labute approximate surface area is 172 Å². The molecule has 1 aromatic heterocycles. The summed E-state index contributed by atoms with van der Waals surface area (Å²) in [6.45, 7) is 5.56. The maximum Gasteiger partial charge on any atom is 0.265 e. The largest absolute Gasteiger partial charge is 0.439 e. The number of rotatable bonds is 5. The van der Waals surface area contributed by atoms with Gasteiger partial charge in [0.1, 0.15) is 11.3 Å². The highest BCUT2D eigenvalue weighted by Gasteiger charge is 2.33. The Morgan fingerprint density at radius 2 is 2.00 bits per heavy atom. The number of aromatic nitrogens is 2. The Bertz CT molecular complexity index is 1010. The van der Waals surface area contributed by atoms with E-state index in [0.29, 0.717) is 27.9 Å². The lowest BCUT2D eigenvalue weighted by atomic mass is 10.1. The molecule has 28 heavy (non-hydrogen) atoms. The molecule has 0 unspecified atom stereocenters. The molecule has 1 saturated heterocycles. The molecule has 0 saturated carbocycles. The van der Waals surface area contributed by atoms with Crippen LogP contribution in [0.25, 0.3) is 6.08 Å². The SMILES string of the molecule is C=CCN1C(=O)/C(=C/c2c(C)nn(C)c2Oc2ccc(Cl)cc2)C(=O)NC1=S. The second-order valence-electron chi connectivity index (χ2n) is 6.01. The van der Waals surface area contributed by atoms with E-state index in [-0.39, 0.29) is 17.2 Å². The number of ether oxygens (including phenoxy) is 1. The fourth-order valence-electron chi connectivity index (χ4n) is 2.69. The average Bonchev–Trinajstić information content (AvgIpc) is 2.90. The van der Waals surface area contributed by atoms with Crippen molar-refractivity contribution in [2.75, 3.05) is 6.54 Å². The number of benzene rings is 1. The number of amides is 2. The van der Waals surface area contributed by atoms with Crippen LogP contribution in [0.15, 0.2) is 42.5 Å². The summed E-state index contributed by atoms with van der Waals surface area (Å²) < 4.78 is 7.46. The van der Waals surface area contributed by atoms with E-state index in [4.69, 9.17) is 28.6 Å². The maximum atomic E-state index is 12.7. The molecule has 1 aliphatic heterocycles. The van der Waals surface area contributed by atoms with E-state index in [2.05, 4.69) is 17.0 Å². The summed E-state index contributed by atoms with van der Waals surface area (Å²) in [7, 11) is 1.71. The topological polar surface area (TPSA) is 76.5 Å². The molecule has 0 atom stereocenters. The Kier molecular flexibility index (Phi) is 5.62. The molecule has 2 heterocycles. The molecule has 1 fully saturated rings. The summed E-state index contributed by atoms with van der Waals surface area (Å²) >= 11 is 11.0. The van der Waals surface area contributed by atoms with Crippen molar-refractivity contribution in [2.24, 2.45) is 7.05 Å². The number of hydrogen-bond acceptors (Lipinski definition) is 5. The summed E-state index contributed by atoms with van der Waals surface area (Å²) in [5.74, 6) is -0.150. The molecule has 0 aliphatic carbocycles. The van der Waals surface area contributed by atoms with Crippen molar-refractivity contribution < 1.29 is 14.3 Å². The van der Waals surface area contributed by atoms with Crippen molar-refractivity contribution in [3.63, 3.8) is 0 Å². The van der Waals surface area contributed by atoms with Crippen molar-refractivity contribution in [1.82, 2.24) is 20.0 Å². The van der Waals surface area contributed by atoms with Crippen LogP contribution in [0.1, 0.15) is 11.3 Å². The number of hydrogen-bond donors (Lipinski definition) is 1. The molecule has 0 bridgehead atoms. The summed E-state index contributed by atoms with van der Waals surface area (Å²) in [6.07, 6.45) is 2.99. The normalized spacial score (nSPS) is 15.8. The van der Waals surface area contributed by atoms with E-state index >= 15 is 0 Å². The molecule has 7 nitrogen and oxygen atoms in total. The third-order valence-corrected chi connectivity index (χ3v) is 4.60. The Balaban J connectivity index is 2.02. The van der Waals surface area contributed by atoms with Crippen LogP contribution >= 0.6 is 23.8 Å². The number of nitrogens with one attached hydrogen (secondary N) is 1. The fraction of sp³-hybridized carbons (Fsp3) is 0.158. The van der Waals surface area contributed by atoms with Gasteiger partial charge < -0.3 is 4.74 Å². The molecule has 2 aromatic rings. The molecular formula is C19H17ClN4O3S. The van der Waals surface area contributed by atoms with Gasteiger partial charge in [0.15, 0.2) is 5.11 Å². The zero-order valence-electron chi connectivity index (χ0n) is 15.2. The number of halogens is 1. The third-order valence-electron chi connectivity index (χ3n) is 4.03. The van der Waals surface area contributed by atoms with Gasteiger partial charge in [-0.1, -0.05) is 17.7 Å². The smallest absolute Gasteiger partial charge is 0.265 e. The maximum absolute atomic E-state index is 12.7. The fourth-order valence-corrected chi connectivity index (χ4v) is 3.06. The highest BCUT2D eigenvalue weighted by Crippen LogP contribution is 2.30. The first-order valence-corrected chi connectivity index (χ1v) is 9.07. The van der Waals surface area contributed by atoms with Crippen molar-refractivity contribution in [2.45, 2.75) is 6.92 Å². The monoisotopic (exact) mass is 416 g/mol. The zero-order valence-corrected chi connectivity index (χ0v) is 16.8. The second kappa shape index (κ2) is 7.95. The Morgan fingerprint density at radius 1 is 1.32 bits per heavy atom. The van der Waals surface area contributed by atoms with Gasteiger partial charge in [-0.05, 0) is 49.5 Å². The van der Waals surface area contributed by atoms with E-state index in [0.717, 1.165) is 0 Å². The third kappa shape index (κ3) is 3.83. The predicted molar refractivity (Wildman–Crippen MR) is 110 cm³/mol. The first kappa shape index (κ1) is 19.8. The van der Waals surface area contributed by atoms with Crippen molar-refractivity contribution in [3.05, 3.63) is 58.8 Å². The van der Waals surface area contributed by atoms with Crippen LogP contribution in [-0.2, 0) is 16.6 Å². The van der Waals surface area contributed by atoms with Crippen LogP contribution in [0.2, 0.25) is 5.02 Å². The van der Waals surface area contributed by atoms with Crippen LogP contribution in [0.4, 0.5) is 0 Å². The minimum atomic E-state index is -0.573. The number of nitrogens with zero attached hydrogens (tertiary/aromatic N) is 3. The Hall–Kier alpha value is -2.97. The Morgan fingerprint density at radius 3 is 2.64 bits per heavy atom. The molecule has 9 heteroatoms. The lowest BCUT2D eigenvalue weighted by Gasteiger charge is -2.27. The van der Waals surface area contributed by atoms with Gasteiger partial charge in [0, 0.05) is 18.6 Å². The standard InChI is InChI=1S/C19H17ClN4O3S/c1-4-9-24-17(26)15(16(25)21-19(24)28)10-14-11(2)22-23(3)18(14)27-13-7-5-12(20)6-8-13/h4-8,10H,1,9H2,2-3H3,(H,21,25,28)/b15-10+. The lowest BCUT2D eigenvalue weighted by Crippen LogP contribution is -2.53. The van der Waals surface area contributed by atoms with Gasteiger partial charge >= 0.3 is 0 Å². The van der Waals surface area contributed by atoms with Gasteiger partial charge in [-0.3, -0.25) is 19.8 Å². The molecule has 2 amide bonds. The molecule has 3 rings (SSSR count). The van der Waals surface area contributed by atoms with Crippen LogP contribution in [-0.4, -0.2) is 38.2 Å². The number of carbonyl (C=O) groups excluding carboxylic acids is 2. The molecular weight excluding hydrogens is 400 g/mol. The second-order valence-corrected chi connectivity index (χ2v) is 6.83. The van der Waals surface area contributed by atoms with Gasteiger partial charge in [0.25, 0.3) is 11.8 Å². The lowest BCUT2D eigenvalue weighted by molar-refractivity contribution is -0.128. The van der Waals surface area contributed by atoms with E-state index in [1.54, 1.807) is 38.2 Å². The minimum absolute atomic E-state index is 0.0487. The number of carbonyl (C=O) groups is 2. The molecule has 0 spiro atoms. The van der Waals surface area contributed by atoms with E-state index in [1.165, 1.54) is 21.7 Å². The van der Waals surface area contributed by atoms with E-state index in [9.17, 15) is 9.59 Å². The molecule has 1 aliphatic rings. The minimum Gasteiger partial charge on any atom is -0.439 e. The molecule has 1 N–H and O–H groups in total. The van der Waals surface area contributed by atoms with Crippen molar-refractivity contribution in [3.8, 4) is 11.6 Å². The van der Waals surface area contributed by atoms with Crippen LogP contribution in [0, 0.1) is 6.92 Å². The molecule has 144 valence electrons.